The number of nitrogens with zero attached hydrogens (tertiary/aromatic N) is 1. The lowest BCUT2D eigenvalue weighted by atomic mass is 10.0. The Morgan fingerprint density at radius 1 is 0.960 bits per heavy atom. The second-order valence-corrected chi connectivity index (χ2v) is 5.38. The highest BCUT2D eigenvalue weighted by Gasteiger charge is 2.13. The van der Waals surface area contributed by atoms with Crippen LogP contribution in [0.15, 0.2) is 71.8 Å². The Balaban J connectivity index is 2.00. The van der Waals surface area contributed by atoms with E-state index in [2.05, 4.69) is 10.5 Å². The second kappa shape index (κ2) is 7.40. The van der Waals surface area contributed by atoms with E-state index in [9.17, 15) is 9.59 Å². The third kappa shape index (κ3) is 3.90. The number of carbonyl (C=O) groups excluding carboxylic acids is 2. The number of amides is 1. The molecule has 3 aromatic rings. The Labute approximate surface area is 144 Å². The van der Waals surface area contributed by atoms with Crippen LogP contribution < -0.4 is 10.2 Å². The SMILES string of the molecule is CC(=O)NN=Cc1c(OC(=O)c2ccccc2)ccc2ccccc12. The van der Waals surface area contributed by atoms with Crippen LogP contribution in [0.1, 0.15) is 22.8 Å². The number of rotatable bonds is 4. The van der Waals surface area contributed by atoms with Crippen LogP contribution in [0.5, 0.6) is 5.75 Å². The van der Waals surface area contributed by atoms with Crippen LogP contribution in [-0.4, -0.2) is 18.1 Å². The van der Waals surface area contributed by atoms with E-state index >= 15 is 0 Å². The minimum Gasteiger partial charge on any atom is -0.422 e. The number of nitrogens with one attached hydrogen (secondary N) is 1. The Morgan fingerprint density at radius 3 is 2.44 bits per heavy atom. The molecule has 0 unspecified atom stereocenters. The van der Waals surface area contributed by atoms with E-state index < -0.39 is 5.97 Å². The summed E-state index contributed by atoms with van der Waals surface area (Å²) in [5, 5.41) is 5.76. The molecule has 0 spiro atoms. The number of ether oxygens (including phenoxy) is 1. The Kier molecular flexibility index (Phi) is 4.85. The first-order valence-electron chi connectivity index (χ1n) is 7.74. The van der Waals surface area contributed by atoms with Gasteiger partial charge in [-0.15, -0.1) is 0 Å². The Morgan fingerprint density at radius 2 is 1.68 bits per heavy atom. The molecule has 3 rings (SSSR count). The fraction of sp³-hybridized carbons (Fsp3) is 0.0500. The third-order valence-corrected chi connectivity index (χ3v) is 3.56. The largest absolute Gasteiger partial charge is 0.422 e. The average Bonchev–Trinajstić information content (AvgIpc) is 2.63. The van der Waals surface area contributed by atoms with Crippen molar-refractivity contribution < 1.29 is 14.3 Å². The highest BCUT2D eigenvalue weighted by molar-refractivity contribution is 6.04. The van der Waals surface area contributed by atoms with Crippen LogP contribution in [0.2, 0.25) is 0 Å². The van der Waals surface area contributed by atoms with Crippen molar-refractivity contribution in [2.45, 2.75) is 6.92 Å². The number of hydrogen-bond acceptors (Lipinski definition) is 4. The van der Waals surface area contributed by atoms with E-state index in [1.807, 2.05) is 36.4 Å². The van der Waals surface area contributed by atoms with Gasteiger partial charge >= 0.3 is 5.97 Å². The lowest BCUT2D eigenvalue weighted by Crippen LogP contribution is -2.13. The van der Waals surface area contributed by atoms with E-state index in [4.69, 9.17) is 4.74 Å². The molecule has 0 saturated heterocycles. The maximum Gasteiger partial charge on any atom is 0.343 e. The van der Waals surface area contributed by atoms with Gasteiger partial charge in [-0.1, -0.05) is 48.5 Å². The smallest absolute Gasteiger partial charge is 0.343 e. The number of hydrazone groups is 1. The summed E-state index contributed by atoms with van der Waals surface area (Å²) in [7, 11) is 0. The molecule has 0 aliphatic heterocycles. The van der Waals surface area contributed by atoms with Gasteiger partial charge in [-0.05, 0) is 29.0 Å². The van der Waals surface area contributed by atoms with Gasteiger partial charge in [0.25, 0.3) is 0 Å². The summed E-state index contributed by atoms with van der Waals surface area (Å²) in [4.78, 5) is 23.4. The normalized spacial score (nSPS) is 10.8. The third-order valence-electron chi connectivity index (χ3n) is 3.56. The number of esters is 1. The lowest BCUT2D eigenvalue weighted by molar-refractivity contribution is -0.118. The van der Waals surface area contributed by atoms with Crippen LogP contribution in [-0.2, 0) is 4.79 Å². The van der Waals surface area contributed by atoms with Crippen molar-refractivity contribution in [2.24, 2.45) is 5.10 Å². The maximum atomic E-state index is 12.3. The second-order valence-electron chi connectivity index (χ2n) is 5.38. The van der Waals surface area contributed by atoms with Gasteiger partial charge in [0.1, 0.15) is 5.75 Å². The molecule has 5 nitrogen and oxygen atoms in total. The van der Waals surface area contributed by atoms with Crippen LogP contribution in [0.4, 0.5) is 0 Å². The zero-order valence-electron chi connectivity index (χ0n) is 13.6. The van der Waals surface area contributed by atoms with E-state index in [0.29, 0.717) is 16.9 Å². The highest BCUT2D eigenvalue weighted by atomic mass is 16.5. The van der Waals surface area contributed by atoms with Gasteiger partial charge in [0.2, 0.25) is 5.91 Å². The zero-order chi connectivity index (χ0) is 17.6. The van der Waals surface area contributed by atoms with Gasteiger partial charge in [0.05, 0.1) is 11.8 Å². The first-order valence-corrected chi connectivity index (χ1v) is 7.74. The highest BCUT2D eigenvalue weighted by Crippen LogP contribution is 2.27. The van der Waals surface area contributed by atoms with E-state index in [1.54, 1.807) is 30.3 Å². The number of hydrogen-bond donors (Lipinski definition) is 1. The van der Waals surface area contributed by atoms with Gasteiger partial charge in [-0.25, -0.2) is 10.2 Å². The van der Waals surface area contributed by atoms with Crippen LogP contribution in [0.25, 0.3) is 10.8 Å². The fourth-order valence-corrected chi connectivity index (χ4v) is 2.42. The molecule has 25 heavy (non-hydrogen) atoms. The summed E-state index contributed by atoms with van der Waals surface area (Å²) in [6, 6.07) is 20.0. The van der Waals surface area contributed by atoms with E-state index in [-0.39, 0.29) is 5.91 Å². The molecule has 124 valence electrons. The van der Waals surface area contributed by atoms with Crippen molar-refractivity contribution in [1.82, 2.24) is 5.43 Å². The molecule has 0 aliphatic carbocycles. The predicted molar refractivity (Wildman–Crippen MR) is 96.8 cm³/mol. The summed E-state index contributed by atoms with van der Waals surface area (Å²) < 4.78 is 5.55. The van der Waals surface area contributed by atoms with Gasteiger partial charge in [-0.2, -0.15) is 5.10 Å². The lowest BCUT2D eigenvalue weighted by Gasteiger charge is -2.10. The maximum absolute atomic E-state index is 12.3. The fourth-order valence-electron chi connectivity index (χ4n) is 2.42. The molecule has 0 atom stereocenters. The van der Waals surface area contributed by atoms with Gasteiger partial charge in [-0.3, -0.25) is 4.79 Å². The summed E-state index contributed by atoms with van der Waals surface area (Å²) in [6.07, 6.45) is 1.48. The summed E-state index contributed by atoms with van der Waals surface area (Å²) in [5.41, 5.74) is 3.44. The Hall–Kier alpha value is -3.47. The molecule has 0 aromatic heterocycles. The van der Waals surface area contributed by atoms with Crippen LogP contribution in [0, 0.1) is 0 Å². The topological polar surface area (TPSA) is 67.8 Å². The van der Waals surface area contributed by atoms with Gasteiger partial charge in [0.15, 0.2) is 0 Å². The van der Waals surface area contributed by atoms with Gasteiger partial charge < -0.3 is 4.74 Å². The molecule has 5 heteroatoms. The summed E-state index contributed by atoms with van der Waals surface area (Å²) >= 11 is 0. The number of carbonyl (C=O) groups is 2. The zero-order valence-corrected chi connectivity index (χ0v) is 13.6. The van der Waals surface area contributed by atoms with Crippen molar-refractivity contribution in [1.29, 1.82) is 0 Å². The molecular formula is C20H16N2O3. The Bertz CT molecular complexity index is 950. The monoisotopic (exact) mass is 332 g/mol. The molecule has 0 radical (unpaired) electrons. The van der Waals surface area contributed by atoms with Crippen molar-refractivity contribution >= 4 is 28.9 Å². The standard InChI is InChI=1S/C20H16N2O3/c1-14(23)22-21-13-18-17-10-6-5-7-15(17)11-12-19(18)25-20(24)16-8-3-2-4-9-16/h2-13H,1H3,(H,22,23). The van der Waals surface area contributed by atoms with Crippen molar-refractivity contribution in [3.63, 3.8) is 0 Å². The molecule has 0 bridgehead atoms. The molecule has 1 amide bonds. The first-order chi connectivity index (χ1) is 12.1. The molecule has 0 aliphatic rings. The molecular weight excluding hydrogens is 316 g/mol. The van der Waals surface area contributed by atoms with E-state index in [1.165, 1.54) is 13.1 Å². The quantitative estimate of drug-likeness (QED) is 0.344. The van der Waals surface area contributed by atoms with Crippen LogP contribution >= 0.6 is 0 Å². The molecule has 3 aromatic carbocycles. The molecule has 0 heterocycles. The minimum absolute atomic E-state index is 0.278. The van der Waals surface area contributed by atoms with Gasteiger partial charge in [0, 0.05) is 12.5 Å². The van der Waals surface area contributed by atoms with Crippen molar-refractivity contribution in [3.05, 3.63) is 77.9 Å². The predicted octanol–water partition coefficient (Wildman–Crippen LogP) is 3.53. The first kappa shape index (κ1) is 16.4. The molecule has 0 fully saturated rings. The van der Waals surface area contributed by atoms with E-state index in [0.717, 1.165) is 10.8 Å². The average molecular weight is 332 g/mol. The summed E-state index contributed by atoms with van der Waals surface area (Å²) in [5.74, 6) is -0.356. The van der Waals surface area contributed by atoms with Crippen molar-refractivity contribution in [3.8, 4) is 5.75 Å². The number of benzene rings is 3. The van der Waals surface area contributed by atoms with Crippen molar-refractivity contribution in [2.75, 3.05) is 0 Å². The molecule has 1 N–H and O–H groups in total. The van der Waals surface area contributed by atoms with Crippen LogP contribution in [0.3, 0.4) is 0 Å². The summed E-state index contributed by atoms with van der Waals surface area (Å²) in [6.45, 7) is 1.37. The minimum atomic E-state index is -0.454. The molecule has 0 saturated carbocycles. The number of fused-ring (bicyclic) bond motifs is 1.